The first kappa shape index (κ1) is 13.7. The van der Waals surface area contributed by atoms with E-state index in [1.807, 2.05) is 0 Å². The topological polar surface area (TPSA) is 78.8 Å². The van der Waals surface area contributed by atoms with E-state index < -0.39 is 11.7 Å². The van der Waals surface area contributed by atoms with E-state index in [4.69, 9.17) is 4.74 Å². The van der Waals surface area contributed by atoms with Crippen molar-refractivity contribution < 1.29 is 24.1 Å². The van der Waals surface area contributed by atoms with Gasteiger partial charge in [-0.2, -0.15) is 0 Å². The molecule has 0 heterocycles. The number of halogens is 1. The average Bonchev–Trinajstić information content (AvgIpc) is 2.40. The number of amides is 1. The molecule has 5 nitrogen and oxygen atoms in total. The first-order valence-corrected chi connectivity index (χ1v) is 5.67. The molecule has 20 heavy (non-hydrogen) atoms. The average molecular weight is 277 g/mol. The number of nitrogens with one attached hydrogen (secondary N) is 1. The minimum absolute atomic E-state index is 0.00437. The highest BCUT2D eigenvalue weighted by Crippen LogP contribution is 2.24. The lowest BCUT2D eigenvalue weighted by Crippen LogP contribution is -2.13. The third kappa shape index (κ3) is 2.97. The summed E-state index contributed by atoms with van der Waals surface area (Å²) in [7, 11) is 1.42. The second-order valence-electron chi connectivity index (χ2n) is 4.04. The van der Waals surface area contributed by atoms with E-state index in [1.54, 1.807) is 0 Å². The van der Waals surface area contributed by atoms with E-state index in [-0.39, 0.29) is 22.7 Å². The van der Waals surface area contributed by atoms with Gasteiger partial charge < -0.3 is 20.3 Å². The zero-order valence-electron chi connectivity index (χ0n) is 10.6. The highest BCUT2D eigenvalue weighted by molar-refractivity contribution is 6.04. The molecule has 2 aromatic rings. The van der Waals surface area contributed by atoms with Crippen LogP contribution in [0.2, 0.25) is 0 Å². The molecule has 6 heteroatoms. The maximum absolute atomic E-state index is 13.6. The molecule has 0 saturated carbocycles. The molecular formula is C14H12FNO4. The molecule has 0 radical (unpaired) electrons. The molecular weight excluding hydrogens is 265 g/mol. The number of carbonyl (C=O) groups excluding carboxylic acids is 1. The Hall–Kier alpha value is -2.76. The Labute approximate surface area is 114 Å². The first-order chi connectivity index (χ1) is 9.49. The van der Waals surface area contributed by atoms with Gasteiger partial charge in [0.15, 0.2) is 0 Å². The van der Waals surface area contributed by atoms with Gasteiger partial charge in [-0.05, 0) is 24.3 Å². The second kappa shape index (κ2) is 5.48. The Morgan fingerprint density at radius 1 is 1.15 bits per heavy atom. The standard InChI is InChI=1S/C14H12FNO4/c1-20-11-2-3-12(15)13(7-11)16-14(19)8-4-9(17)6-10(18)5-8/h2-7,17-18H,1H3,(H,16,19). The Balaban J connectivity index is 2.27. The zero-order chi connectivity index (χ0) is 14.7. The molecule has 0 bridgehead atoms. The van der Waals surface area contributed by atoms with Crippen LogP contribution in [0.1, 0.15) is 10.4 Å². The van der Waals surface area contributed by atoms with E-state index in [0.717, 1.165) is 24.3 Å². The summed E-state index contributed by atoms with van der Waals surface area (Å²) in [6.45, 7) is 0. The van der Waals surface area contributed by atoms with Crippen molar-refractivity contribution in [2.24, 2.45) is 0 Å². The normalized spacial score (nSPS) is 10.1. The van der Waals surface area contributed by atoms with Gasteiger partial charge in [-0.1, -0.05) is 0 Å². The molecule has 104 valence electrons. The summed E-state index contributed by atoms with van der Waals surface area (Å²) >= 11 is 0. The van der Waals surface area contributed by atoms with Crippen molar-refractivity contribution in [3.05, 3.63) is 47.8 Å². The number of hydrogen-bond donors (Lipinski definition) is 3. The fraction of sp³-hybridized carbons (Fsp3) is 0.0714. The van der Waals surface area contributed by atoms with Crippen LogP contribution in [0, 0.1) is 5.82 Å². The third-order valence-corrected chi connectivity index (χ3v) is 2.59. The number of anilines is 1. The van der Waals surface area contributed by atoms with Crippen LogP contribution < -0.4 is 10.1 Å². The van der Waals surface area contributed by atoms with Crippen molar-refractivity contribution in [2.75, 3.05) is 12.4 Å². The van der Waals surface area contributed by atoms with Crippen LogP contribution in [0.3, 0.4) is 0 Å². The van der Waals surface area contributed by atoms with Crippen molar-refractivity contribution in [3.8, 4) is 17.2 Å². The minimum atomic E-state index is -0.664. The molecule has 0 fully saturated rings. The molecule has 0 aliphatic heterocycles. The van der Waals surface area contributed by atoms with Gasteiger partial charge in [0.1, 0.15) is 23.1 Å². The first-order valence-electron chi connectivity index (χ1n) is 5.67. The summed E-state index contributed by atoms with van der Waals surface area (Å²) < 4.78 is 18.5. The lowest BCUT2D eigenvalue weighted by Gasteiger charge is -2.09. The molecule has 0 spiro atoms. The number of phenols is 2. The van der Waals surface area contributed by atoms with Crippen molar-refractivity contribution in [1.29, 1.82) is 0 Å². The van der Waals surface area contributed by atoms with Crippen molar-refractivity contribution >= 4 is 11.6 Å². The zero-order valence-corrected chi connectivity index (χ0v) is 10.6. The fourth-order valence-corrected chi connectivity index (χ4v) is 1.65. The summed E-state index contributed by atoms with van der Waals surface area (Å²) in [5, 5.41) is 21.0. The Morgan fingerprint density at radius 3 is 2.40 bits per heavy atom. The molecule has 0 unspecified atom stereocenters. The molecule has 0 atom stereocenters. The van der Waals surface area contributed by atoms with Gasteiger partial charge >= 0.3 is 0 Å². The lowest BCUT2D eigenvalue weighted by molar-refractivity contribution is 0.102. The molecule has 0 aliphatic rings. The van der Waals surface area contributed by atoms with Gasteiger partial charge in [-0.25, -0.2) is 4.39 Å². The summed E-state index contributed by atoms with van der Waals surface area (Å²) in [5.41, 5.74) is -0.0538. The van der Waals surface area contributed by atoms with Crippen LogP contribution >= 0.6 is 0 Å². The number of phenolic OH excluding ortho intramolecular Hbond substituents is 2. The number of benzene rings is 2. The van der Waals surface area contributed by atoms with Gasteiger partial charge in [-0.3, -0.25) is 4.79 Å². The lowest BCUT2D eigenvalue weighted by atomic mass is 10.2. The number of carbonyl (C=O) groups is 1. The second-order valence-corrected chi connectivity index (χ2v) is 4.04. The summed E-state index contributed by atoms with van der Waals surface area (Å²) in [6, 6.07) is 7.32. The number of ether oxygens (including phenoxy) is 1. The minimum Gasteiger partial charge on any atom is -0.508 e. The smallest absolute Gasteiger partial charge is 0.256 e. The van der Waals surface area contributed by atoms with Gasteiger partial charge in [-0.15, -0.1) is 0 Å². The quantitative estimate of drug-likeness (QED) is 0.805. The summed E-state index contributed by atoms with van der Waals surface area (Å²) in [5.74, 6) is -1.42. The summed E-state index contributed by atoms with van der Waals surface area (Å²) in [4.78, 5) is 11.9. The van der Waals surface area contributed by atoms with Gasteiger partial charge in [0.25, 0.3) is 5.91 Å². The number of hydrogen-bond acceptors (Lipinski definition) is 4. The monoisotopic (exact) mass is 277 g/mol. The van der Waals surface area contributed by atoms with Crippen molar-refractivity contribution in [2.45, 2.75) is 0 Å². The highest BCUT2D eigenvalue weighted by Gasteiger charge is 2.12. The van der Waals surface area contributed by atoms with Gasteiger partial charge in [0, 0.05) is 17.7 Å². The largest absolute Gasteiger partial charge is 0.508 e. The predicted octanol–water partition coefficient (Wildman–Crippen LogP) is 2.50. The maximum atomic E-state index is 13.6. The summed E-state index contributed by atoms with van der Waals surface area (Å²) in [6.07, 6.45) is 0. The van der Waals surface area contributed by atoms with E-state index in [0.29, 0.717) is 5.75 Å². The van der Waals surface area contributed by atoms with Crippen molar-refractivity contribution in [3.63, 3.8) is 0 Å². The SMILES string of the molecule is COc1ccc(F)c(NC(=O)c2cc(O)cc(O)c2)c1. The molecule has 0 aliphatic carbocycles. The van der Waals surface area contributed by atoms with E-state index in [2.05, 4.69) is 5.32 Å². The molecule has 1 amide bonds. The third-order valence-electron chi connectivity index (χ3n) is 2.59. The van der Waals surface area contributed by atoms with E-state index >= 15 is 0 Å². The van der Waals surface area contributed by atoms with E-state index in [9.17, 15) is 19.4 Å². The van der Waals surface area contributed by atoms with Crippen LogP contribution in [0.25, 0.3) is 0 Å². The van der Waals surface area contributed by atoms with E-state index in [1.165, 1.54) is 19.2 Å². The van der Waals surface area contributed by atoms with Crippen LogP contribution in [0.5, 0.6) is 17.2 Å². The molecule has 0 saturated heterocycles. The van der Waals surface area contributed by atoms with Gasteiger partial charge in [0.05, 0.1) is 12.8 Å². The van der Waals surface area contributed by atoms with Crippen LogP contribution in [-0.4, -0.2) is 23.2 Å². The Bertz CT molecular complexity index is 637. The number of rotatable bonds is 3. The van der Waals surface area contributed by atoms with Gasteiger partial charge in [0.2, 0.25) is 0 Å². The Kier molecular flexibility index (Phi) is 3.74. The molecule has 2 aromatic carbocycles. The molecule has 3 N–H and O–H groups in total. The van der Waals surface area contributed by atoms with Crippen LogP contribution in [0.4, 0.5) is 10.1 Å². The Morgan fingerprint density at radius 2 is 1.80 bits per heavy atom. The highest BCUT2D eigenvalue weighted by atomic mass is 19.1. The number of methoxy groups -OCH3 is 1. The molecule has 2 rings (SSSR count). The van der Waals surface area contributed by atoms with Crippen LogP contribution in [-0.2, 0) is 0 Å². The van der Waals surface area contributed by atoms with Crippen molar-refractivity contribution in [1.82, 2.24) is 0 Å². The fourth-order valence-electron chi connectivity index (χ4n) is 1.65. The maximum Gasteiger partial charge on any atom is 0.256 e. The number of aromatic hydroxyl groups is 2. The predicted molar refractivity (Wildman–Crippen MR) is 70.7 cm³/mol. The van der Waals surface area contributed by atoms with Crippen LogP contribution in [0.15, 0.2) is 36.4 Å². The molecule has 0 aromatic heterocycles.